The standard InChI is InChI=1S/C19H21FN2O6S/c1-19(2,3)28-18(23)21(29(26,27)17-6-4-5-15(20)13-17)12-11-14-7-9-16(10-8-14)22(24)25/h4-10,13H,11-12H2,1-3H3. The lowest BCUT2D eigenvalue weighted by Crippen LogP contribution is -2.42. The molecule has 8 nitrogen and oxygen atoms in total. The van der Waals surface area contributed by atoms with Gasteiger partial charge in [0.2, 0.25) is 0 Å². The summed E-state index contributed by atoms with van der Waals surface area (Å²) < 4.78 is 45.2. The largest absolute Gasteiger partial charge is 0.443 e. The van der Waals surface area contributed by atoms with Gasteiger partial charge in [-0.15, -0.1) is 0 Å². The van der Waals surface area contributed by atoms with E-state index in [9.17, 15) is 27.7 Å². The average Bonchev–Trinajstić information content (AvgIpc) is 2.60. The second-order valence-corrected chi connectivity index (χ2v) is 9.05. The molecule has 0 bridgehead atoms. The molecule has 0 spiro atoms. The molecule has 0 aliphatic carbocycles. The maximum atomic E-state index is 13.5. The number of sulfonamides is 1. The zero-order chi connectivity index (χ0) is 21.8. The maximum Gasteiger partial charge on any atom is 0.424 e. The highest BCUT2D eigenvalue weighted by Gasteiger charge is 2.33. The van der Waals surface area contributed by atoms with Crippen LogP contribution in [0.25, 0.3) is 0 Å². The summed E-state index contributed by atoms with van der Waals surface area (Å²) in [5.74, 6) is -0.759. The Morgan fingerprint density at radius 1 is 1.17 bits per heavy atom. The maximum absolute atomic E-state index is 13.5. The molecule has 0 N–H and O–H groups in total. The van der Waals surface area contributed by atoms with E-state index in [-0.39, 0.29) is 23.5 Å². The van der Waals surface area contributed by atoms with Gasteiger partial charge in [-0.2, -0.15) is 0 Å². The van der Waals surface area contributed by atoms with Gasteiger partial charge in [0.05, 0.1) is 9.82 Å². The fourth-order valence-corrected chi connectivity index (χ4v) is 3.72. The molecule has 1 amide bonds. The van der Waals surface area contributed by atoms with Crippen LogP contribution in [-0.4, -0.2) is 35.9 Å². The smallest absolute Gasteiger partial charge is 0.424 e. The van der Waals surface area contributed by atoms with Crippen molar-refractivity contribution >= 4 is 21.8 Å². The van der Waals surface area contributed by atoms with Gasteiger partial charge in [0.15, 0.2) is 0 Å². The first-order chi connectivity index (χ1) is 13.4. The van der Waals surface area contributed by atoms with Gasteiger partial charge in [-0.25, -0.2) is 21.9 Å². The second-order valence-electron chi connectivity index (χ2n) is 7.19. The Labute approximate surface area is 168 Å². The van der Waals surface area contributed by atoms with Crippen molar-refractivity contribution in [1.29, 1.82) is 0 Å². The Morgan fingerprint density at radius 3 is 2.31 bits per heavy atom. The molecule has 0 unspecified atom stereocenters. The first-order valence-corrected chi connectivity index (χ1v) is 10.1. The first kappa shape index (κ1) is 22.3. The minimum Gasteiger partial charge on any atom is -0.443 e. The lowest BCUT2D eigenvalue weighted by atomic mass is 10.1. The highest BCUT2D eigenvalue weighted by atomic mass is 32.2. The molecule has 0 radical (unpaired) electrons. The lowest BCUT2D eigenvalue weighted by molar-refractivity contribution is -0.384. The van der Waals surface area contributed by atoms with E-state index in [0.717, 1.165) is 12.1 Å². The van der Waals surface area contributed by atoms with Crippen LogP contribution in [0.2, 0.25) is 0 Å². The molecular formula is C19H21FN2O6S. The predicted octanol–water partition coefficient (Wildman–Crippen LogP) is 3.90. The summed E-state index contributed by atoms with van der Waals surface area (Å²) in [5.41, 5.74) is -0.469. The molecule has 0 aromatic heterocycles. The Bertz CT molecular complexity index is 1000. The summed E-state index contributed by atoms with van der Waals surface area (Å²) >= 11 is 0. The molecule has 0 saturated carbocycles. The Hall–Kier alpha value is -3.01. The number of ether oxygens (including phenoxy) is 1. The first-order valence-electron chi connectivity index (χ1n) is 8.65. The minimum atomic E-state index is -4.38. The highest BCUT2D eigenvalue weighted by Crippen LogP contribution is 2.21. The van der Waals surface area contributed by atoms with Crippen molar-refractivity contribution in [3.05, 3.63) is 70.0 Å². The number of nitro groups is 1. The molecule has 29 heavy (non-hydrogen) atoms. The number of rotatable bonds is 6. The van der Waals surface area contributed by atoms with Crippen LogP contribution in [0.4, 0.5) is 14.9 Å². The van der Waals surface area contributed by atoms with Crippen LogP contribution >= 0.6 is 0 Å². The molecule has 0 aliphatic rings. The molecule has 2 aromatic rings. The van der Waals surface area contributed by atoms with Gasteiger partial charge in [-0.3, -0.25) is 10.1 Å². The van der Waals surface area contributed by atoms with Crippen LogP contribution in [0.1, 0.15) is 26.3 Å². The number of carbonyl (C=O) groups is 1. The molecule has 156 valence electrons. The summed E-state index contributed by atoms with van der Waals surface area (Å²) in [7, 11) is -4.38. The van der Waals surface area contributed by atoms with Gasteiger partial charge < -0.3 is 4.74 Å². The van der Waals surface area contributed by atoms with Gasteiger partial charge in [0.25, 0.3) is 15.7 Å². The van der Waals surface area contributed by atoms with Crippen molar-refractivity contribution in [2.24, 2.45) is 0 Å². The summed E-state index contributed by atoms with van der Waals surface area (Å²) in [5, 5.41) is 10.7. The van der Waals surface area contributed by atoms with Crippen molar-refractivity contribution in [3.8, 4) is 0 Å². The van der Waals surface area contributed by atoms with Crippen LogP contribution < -0.4 is 0 Å². The summed E-state index contributed by atoms with van der Waals surface area (Å²) in [6, 6.07) is 9.84. The van der Waals surface area contributed by atoms with E-state index < -0.39 is 32.5 Å². The van der Waals surface area contributed by atoms with Gasteiger partial charge in [-0.05, 0) is 51.0 Å². The second kappa shape index (κ2) is 8.56. The van der Waals surface area contributed by atoms with Crippen molar-refractivity contribution in [3.63, 3.8) is 0 Å². The van der Waals surface area contributed by atoms with E-state index >= 15 is 0 Å². The third kappa shape index (κ3) is 5.98. The summed E-state index contributed by atoms with van der Waals surface area (Å²) in [4.78, 5) is 22.4. The number of non-ortho nitro benzene ring substituents is 1. The molecule has 10 heteroatoms. The summed E-state index contributed by atoms with van der Waals surface area (Å²) in [6.07, 6.45) is -1.00. The van der Waals surface area contributed by atoms with Crippen LogP contribution in [0.15, 0.2) is 53.4 Å². The van der Waals surface area contributed by atoms with E-state index in [2.05, 4.69) is 0 Å². The van der Waals surface area contributed by atoms with Gasteiger partial charge >= 0.3 is 6.09 Å². The lowest BCUT2D eigenvalue weighted by Gasteiger charge is -2.27. The van der Waals surface area contributed by atoms with Crippen LogP contribution in [0.5, 0.6) is 0 Å². The van der Waals surface area contributed by atoms with Crippen molar-refractivity contribution in [2.75, 3.05) is 6.54 Å². The van der Waals surface area contributed by atoms with Gasteiger partial charge in [-0.1, -0.05) is 18.2 Å². The minimum absolute atomic E-state index is 0.0891. The Morgan fingerprint density at radius 2 is 1.79 bits per heavy atom. The fourth-order valence-electron chi connectivity index (χ4n) is 2.39. The number of hydrogen-bond donors (Lipinski definition) is 0. The van der Waals surface area contributed by atoms with Crippen LogP contribution in [0.3, 0.4) is 0 Å². The van der Waals surface area contributed by atoms with E-state index in [1.54, 1.807) is 20.8 Å². The Balaban J connectivity index is 2.32. The zero-order valence-corrected chi connectivity index (χ0v) is 17.0. The molecule has 0 atom stereocenters. The van der Waals surface area contributed by atoms with Gasteiger partial charge in [0, 0.05) is 18.7 Å². The SMILES string of the molecule is CC(C)(C)OC(=O)N(CCc1ccc([N+](=O)[O-])cc1)S(=O)(=O)c1cccc(F)c1. The van der Waals surface area contributed by atoms with E-state index in [4.69, 9.17) is 4.74 Å². The number of nitro benzene ring substituents is 1. The fraction of sp³-hybridized carbons (Fsp3) is 0.316. The van der Waals surface area contributed by atoms with E-state index in [1.165, 1.54) is 36.4 Å². The van der Waals surface area contributed by atoms with Crippen LogP contribution in [-0.2, 0) is 21.2 Å². The number of benzene rings is 2. The number of nitrogens with zero attached hydrogens (tertiary/aromatic N) is 2. The molecule has 0 aliphatic heterocycles. The molecule has 0 saturated heterocycles. The molecular weight excluding hydrogens is 403 g/mol. The molecule has 0 fully saturated rings. The number of carbonyl (C=O) groups excluding carboxylic acids is 1. The zero-order valence-electron chi connectivity index (χ0n) is 16.2. The topological polar surface area (TPSA) is 107 Å². The Kier molecular flexibility index (Phi) is 6.58. The van der Waals surface area contributed by atoms with E-state index in [1.807, 2.05) is 0 Å². The number of halogens is 1. The third-order valence-corrected chi connectivity index (χ3v) is 5.49. The number of hydrogen-bond acceptors (Lipinski definition) is 6. The van der Waals surface area contributed by atoms with Crippen molar-refractivity contribution in [2.45, 2.75) is 37.7 Å². The molecule has 2 rings (SSSR count). The summed E-state index contributed by atoms with van der Waals surface area (Å²) in [6.45, 7) is 4.49. The quantitative estimate of drug-likeness (QED) is 0.514. The third-order valence-electron chi connectivity index (χ3n) is 3.73. The van der Waals surface area contributed by atoms with Crippen molar-refractivity contribution < 1.29 is 27.3 Å². The van der Waals surface area contributed by atoms with Crippen LogP contribution in [0, 0.1) is 15.9 Å². The molecule has 0 heterocycles. The van der Waals surface area contributed by atoms with E-state index in [0.29, 0.717) is 9.87 Å². The van der Waals surface area contributed by atoms with Gasteiger partial charge in [0.1, 0.15) is 11.4 Å². The molecule has 2 aromatic carbocycles. The monoisotopic (exact) mass is 424 g/mol. The van der Waals surface area contributed by atoms with Crippen molar-refractivity contribution in [1.82, 2.24) is 4.31 Å². The highest BCUT2D eigenvalue weighted by molar-refractivity contribution is 7.89. The predicted molar refractivity (Wildman–Crippen MR) is 103 cm³/mol. The normalized spacial score (nSPS) is 11.7. The average molecular weight is 424 g/mol. The number of amides is 1.